The zero-order chi connectivity index (χ0) is 13.1. The van der Waals surface area contributed by atoms with E-state index in [1.807, 2.05) is 14.0 Å². The van der Waals surface area contributed by atoms with E-state index >= 15 is 0 Å². The molecule has 5 nitrogen and oxygen atoms in total. The molecule has 2 rings (SSSR count). The molecule has 100 valence electrons. The Kier molecular flexibility index (Phi) is 4.24. The largest absolute Gasteiger partial charge is 0.377 e. The predicted molar refractivity (Wildman–Crippen MR) is 68.9 cm³/mol. The van der Waals surface area contributed by atoms with Crippen LogP contribution in [0.5, 0.6) is 0 Å². The third-order valence-electron chi connectivity index (χ3n) is 3.14. The molecule has 1 aliphatic rings. The molecule has 0 bridgehead atoms. The summed E-state index contributed by atoms with van der Waals surface area (Å²) < 4.78 is 7.03. The maximum absolute atomic E-state index is 12.5. The van der Waals surface area contributed by atoms with Gasteiger partial charge in [0.2, 0.25) is 0 Å². The summed E-state index contributed by atoms with van der Waals surface area (Å²) in [7, 11) is 1.83. The van der Waals surface area contributed by atoms with Crippen LogP contribution in [0.4, 0.5) is 0 Å². The topological polar surface area (TPSA) is 47.4 Å². The van der Waals surface area contributed by atoms with Crippen molar-refractivity contribution in [2.45, 2.75) is 19.4 Å². The van der Waals surface area contributed by atoms with Crippen molar-refractivity contribution in [2.75, 3.05) is 25.6 Å². The van der Waals surface area contributed by atoms with E-state index in [2.05, 4.69) is 5.10 Å². The Morgan fingerprint density at radius 2 is 2.44 bits per heavy atom. The fourth-order valence-corrected chi connectivity index (χ4v) is 2.43. The number of hydrogen-bond donors (Lipinski definition) is 0. The molecule has 1 fully saturated rings. The highest BCUT2D eigenvalue weighted by atomic mass is 35.5. The molecule has 18 heavy (non-hydrogen) atoms. The Bertz CT molecular complexity index is 433. The molecule has 0 aromatic carbocycles. The summed E-state index contributed by atoms with van der Waals surface area (Å²) in [6.45, 7) is 3.67. The van der Waals surface area contributed by atoms with Crippen LogP contribution in [0.15, 0.2) is 6.20 Å². The molecule has 0 N–H and O–H groups in total. The number of amides is 1. The molecule has 1 saturated heterocycles. The van der Waals surface area contributed by atoms with Gasteiger partial charge in [0, 0.05) is 25.7 Å². The van der Waals surface area contributed by atoms with Gasteiger partial charge in [-0.2, -0.15) is 5.10 Å². The first-order chi connectivity index (χ1) is 8.67. The first-order valence-corrected chi connectivity index (χ1v) is 6.68. The number of carbonyl (C=O) groups excluding carboxylic acids is 1. The van der Waals surface area contributed by atoms with Crippen LogP contribution in [0.25, 0.3) is 0 Å². The first-order valence-electron chi connectivity index (χ1n) is 6.14. The number of carbonyl (C=O) groups is 1. The highest BCUT2D eigenvalue weighted by Crippen LogP contribution is 2.16. The molecule has 1 aromatic heterocycles. The van der Waals surface area contributed by atoms with E-state index in [0.29, 0.717) is 31.2 Å². The summed E-state index contributed by atoms with van der Waals surface area (Å²) in [5.74, 6) is 0.405. The van der Waals surface area contributed by atoms with E-state index in [0.717, 1.165) is 12.1 Å². The molecule has 1 amide bonds. The predicted octanol–water partition coefficient (Wildman–Crippen LogP) is 1.06. The minimum Gasteiger partial charge on any atom is -0.377 e. The maximum Gasteiger partial charge on any atom is 0.257 e. The number of ether oxygens (including phenoxy) is 1. The van der Waals surface area contributed by atoms with E-state index in [1.54, 1.807) is 15.8 Å². The smallest absolute Gasteiger partial charge is 0.257 e. The van der Waals surface area contributed by atoms with Crippen LogP contribution in [-0.2, 0) is 18.2 Å². The Morgan fingerprint density at radius 3 is 3.11 bits per heavy atom. The van der Waals surface area contributed by atoms with Gasteiger partial charge >= 0.3 is 0 Å². The molecule has 0 aliphatic carbocycles. The van der Waals surface area contributed by atoms with Crippen molar-refractivity contribution in [3.05, 3.63) is 17.5 Å². The van der Waals surface area contributed by atoms with Crippen LogP contribution in [0, 0.1) is 0 Å². The Labute approximate surface area is 112 Å². The number of morpholine rings is 1. The Balaban J connectivity index is 2.23. The molecule has 1 aromatic rings. The second kappa shape index (κ2) is 5.71. The maximum atomic E-state index is 12.5. The van der Waals surface area contributed by atoms with E-state index in [4.69, 9.17) is 16.3 Å². The molecule has 6 heteroatoms. The number of aryl methyl sites for hydroxylation is 2. The van der Waals surface area contributed by atoms with Crippen LogP contribution in [0.3, 0.4) is 0 Å². The third-order valence-corrected chi connectivity index (χ3v) is 3.49. The van der Waals surface area contributed by atoms with Gasteiger partial charge in [-0.25, -0.2) is 0 Å². The molecule has 1 unspecified atom stereocenters. The highest BCUT2D eigenvalue weighted by Gasteiger charge is 2.29. The zero-order valence-corrected chi connectivity index (χ0v) is 11.5. The fourth-order valence-electron chi connectivity index (χ4n) is 2.18. The van der Waals surface area contributed by atoms with Gasteiger partial charge in [0.15, 0.2) is 0 Å². The zero-order valence-electron chi connectivity index (χ0n) is 10.7. The van der Waals surface area contributed by atoms with Gasteiger partial charge in [-0.1, -0.05) is 6.92 Å². The minimum atomic E-state index is -0.0437. The number of halogens is 1. The number of alkyl halides is 1. The molecule has 0 saturated carbocycles. The van der Waals surface area contributed by atoms with Gasteiger partial charge in [-0.05, 0) is 6.42 Å². The molecular formula is C12H18ClN3O2. The summed E-state index contributed by atoms with van der Waals surface area (Å²) >= 11 is 5.89. The third kappa shape index (κ3) is 2.52. The lowest BCUT2D eigenvalue weighted by Crippen LogP contribution is -2.49. The van der Waals surface area contributed by atoms with Gasteiger partial charge in [0.05, 0.1) is 30.5 Å². The van der Waals surface area contributed by atoms with Crippen LogP contribution in [0.2, 0.25) is 0 Å². The Morgan fingerprint density at radius 1 is 1.67 bits per heavy atom. The molecule has 1 atom stereocenters. The van der Waals surface area contributed by atoms with Crippen molar-refractivity contribution in [1.29, 1.82) is 0 Å². The monoisotopic (exact) mass is 271 g/mol. The average Bonchev–Trinajstić information content (AvgIpc) is 2.79. The second-order valence-electron chi connectivity index (χ2n) is 4.40. The van der Waals surface area contributed by atoms with Crippen molar-refractivity contribution >= 4 is 17.5 Å². The average molecular weight is 272 g/mol. The van der Waals surface area contributed by atoms with Crippen molar-refractivity contribution in [1.82, 2.24) is 14.7 Å². The number of nitrogens with zero attached hydrogens (tertiary/aromatic N) is 3. The molecular weight excluding hydrogens is 254 g/mol. The van der Waals surface area contributed by atoms with Crippen LogP contribution >= 0.6 is 11.6 Å². The van der Waals surface area contributed by atoms with E-state index in [-0.39, 0.29) is 11.9 Å². The fraction of sp³-hybridized carbons (Fsp3) is 0.667. The van der Waals surface area contributed by atoms with Crippen molar-refractivity contribution < 1.29 is 9.53 Å². The number of hydrogen-bond acceptors (Lipinski definition) is 3. The van der Waals surface area contributed by atoms with Crippen LogP contribution in [-0.4, -0.2) is 52.3 Å². The summed E-state index contributed by atoms with van der Waals surface area (Å²) in [5, 5.41) is 4.30. The number of rotatable bonds is 3. The van der Waals surface area contributed by atoms with Crippen molar-refractivity contribution in [3.8, 4) is 0 Å². The van der Waals surface area contributed by atoms with Crippen LogP contribution in [0.1, 0.15) is 23.0 Å². The molecule has 1 aliphatic heterocycles. The summed E-state index contributed by atoms with van der Waals surface area (Å²) in [6, 6.07) is -0.0437. The van der Waals surface area contributed by atoms with Gasteiger partial charge < -0.3 is 9.64 Å². The lowest BCUT2D eigenvalue weighted by Gasteiger charge is -2.34. The number of aromatic nitrogens is 2. The van der Waals surface area contributed by atoms with Gasteiger partial charge in [-0.15, -0.1) is 11.6 Å². The van der Waals surface area contributed by atoms with E-state index < -0.39 is 0 Å². The molecule has 0 spiro atoms. The lowest BCUT2D eigenvalue weighted by molar-refractivity contribution is 0.00450. The second-order valence-corrected chi connectivity index (χ2v) is 4.71. The Hall–Kier alpha value is -1.07. The first kappa shape index (κ1) is 13.4. The summed E-state index contributed by atoms with van der Waals surface area (Å²) in [5.41, 5.74) is 1.51. The van der Waals surface area contributed by atoms with Gasteiger partial charge in [-0.3, -0.25) is 9.48 Å². The SMILES string of the molecule is CCc1nn(C)cc1C(=O)N1CCOCC1CCl. The standard InChI is InChI=1S/C12H18ClN3O2/c1-3-11-10(7-15(2)14-11)12(17)16-4-5-18-8-9(16)6-13/h7,9H,3-6,8H2,1-2H3. The molecule has 0 radical (unpaired) electrons. The van der Waals surface area contributed by atoms with Gasteiger partial charge in [0.1, 0.15) is 0 Å². The van der Waals surface area contributed by atoms with E-state index in [9.17, 15) is 4.79 Å². The lowest BCUT2D eigenvalue weighted by atomic mass is 10.1. The van der Waals surface area contributed by atoms with Crippen molar-refractivity contribution in [3.63, 3.8) is 0 Å². The summed E-state index contributed by atoms with van der Waals surface area (Å²) in [4.78, 5) is 14.3. The molecule has 2 heterocycles. The quantitative estimate of drug-likeness (QED) is 0.773. The highest BCUT2D eigenvalue weighted by molar-refractivity contribution is 6.18. The minimum absolute atomic E-state index is 0.00824. The normalized spacial score (nSPS) is 20.2. The van der Waals surface area contributed by atoms with Gasteiger partial charge in [0.25, 0.3) is 5.91 Å². The van der Waals surface area contributed by atoms with E-state index in [1.165, 1.54) is 0 Å². The van der Waals surface area contributed by atoms with Crippen LogP contribution < -0.4 is 0 Å². The summed E-state index contributed by atoms with van der Waals surface area (Å²) in [6.07, 6.45) is 2.53. The van der Waals surface area contributed by atoms with Crippen molar-refractivity contribution in [2.24, 2.45) is 7.05 Å².